The van der Waals surface area contributed by atoms with Crippen LogP contribution in [0.4, 0.5) is 0 Å². The summed E-state index contributed by atoms with van der Waals surface area (Å²) in [5.74, 6) is -0.308. The quantitative estimate of drug-likeness (QED) is 0.533. The van der Waals surface area contributed by atoms with E-state index in [9.17, 15) is 20.1 Å². The Kier molecular flexibility index (Phi) is 5.08. The van der Waals surface area contributed by atoms with Gasteiger partial charge in [0.15, 0.2) is 17.8 Å². The molecule has 0 spiro atoms. The molecule has 6 nitrogen and oxygen atoms in total. The molecular weight excluding hydrogens is 240 g/mol. The third kappa shape index (κ3) is 2.79. The van der Waals surface area contributed by atoms with Crippen LogP contribution in [0.15, 0.2) is 12.1 Å². The Balaban J connectivity index is 3.23. The maximum absolute atomic E-state index is 10.9. The lowest BCUT2D eigenvalue weighted by molar-refractivity contribution is 0.00262. The molecule has 0 bridgehead atoms. The normalized spacial score (nSPS) is 14.0. The van der Waals surface area contributed by atoms with Gasteiger partial charge in [-0.15, -0.1) is 0 Å². The van der Waals surface area contributed by atoms with E-state index < -0.39 is 18.0 Å². The minimum atomic E-state index is -1.48. The Labute approximate surface area is 104 Å². The molecule has 1 aromatic carbocycles. The van der Waals surface area contributed by atoms with Gasteiger partial charge in [0.05, 0.1) is 13.2 Å². The summed E-state index contributed by atoms with van der Waals surface area (Å²) in [6.45, 7) is -0.320. The van der Waals surface area contributed by atoms with Crippen molar-refractivity contribution in [2.45, 2.75) is 18.6 Å². The van der Waals surface area contributed by atoms with Gasteiger partial charge >= 0.3 is 0 Å². The second-order valence-electron chi connectivity index (χ2n) is 3.76. The highest BCUT2D eigenvalue weighted by molar-refractivity contribution is 5.80. The number of ether oxygens (including phenoxy) is 1. The highest BCUT2D eigenvalue weighted by Crippen LogP contribution is 2.37. The number of carbonyl (C=O) groups excluding carboxylic acids is 1. The fourth-order valence-corrected chi connectivity index (χ4v) is 1.66. The minimum absolute atomic E-state index is 0.0535. The standard InChI is InChI=1S/C12H16O6/c1-18-9-3-2-7(6-14)10(12(9)17)11(16)8(15)4-5-13/h2-3,6,8,11,13,15-17H,4-5H2,1H3. The molecule has 0 saturated carbocycles. The number of carbonyl (C=O) groups is 1. The van der Waals surface area contributed by atoms with Crippen LogP contribution in [0.1, 0.15) is 28.4 Å². The molecule has 0 aliphatic heterocycles. The lowest BCUT2D eigenvalue weighted by Gasteiger charge is -2.20. The first kappa shape index (κ1) is 14.4. The second kappa shape index (κ2) is 6.34. The molecule has 0 heterocycles. The van der Waals surface area contributed by atoms with Crippen molar-refractivity contribution in [1.82, 2.24) is 0 Å². The number of hydrogen-bond donors (Lipinski definition) is 4. The van der Waals surface area contributed by atoms with Crippen LogP contribution < -0.4 is 4.74 Å². The number of aliphatic hydroxyl groups excluding tert-OH is 3. The van der Waals surface area contributed by atoms with Gasteiger partial charge in [-0.25, -0.2) is 0 Å². The first-order valence-corrected chi connectivity index (χ1v) is 5.38. The third-order valence-corrected chi connectivity index (χ3v) is 2.65. The fourth-order valence-electron chi connectivity index (χ4n) is 1.66. The third-order valence-electron chi connectivity index (χ3n) is 2.65. The number of hydrogen-bond acceptors (Lipinski definition) is 6. The first-order valence-electron chi connectivity index (χ1n) is 5.38. The van der Waals surface area contributed by atoms with E-state index in [1.54, 1.807) is 0 Å². The molecule has 0 aromatic heterocycles. The molecule has 0 amide bonds. The summed E-state index contributed by atoms with van der Waals surface area (Å²) in [7, 11) is 1.33. The van der Waals surface area contributed by atoms with Gasteiger partial charge in [-0.1, -0.05) is 0 Å². The number of rotatable bonds is 6. The van der Waals surface area contributed by atoms with Crippen molar-refractivity contribution >= 4 is 6.29 Å². The lowest BCUT2D eigenvalue weighted by Crippen LogP contribution is -2.21. The Morgan fingerprint density at radius 2 is 2.06 bits per heavy atom. The van der Waals surface area contributed by atoms with Crippen molar-refractivity contribution < 1.29 is 30.0 Å². The second-order valence-corrected chi connectivity index (χ2v) is 3.76. The maximum Gasteiger partial charge on any atom is 0.164 e. The summed E-state index contributed by atoms with van der Waals surface area (Å²) in [5.41, 5.74) is -0.0527. The molecule has 1 aromatic rings. The Morgan fingerprint density at radius 1 is 1.39 bits per heavy atom. The van der Waals surface area contributed by atoms with Crippen molar-refractivity contribution in [2.75, 3.05) is 13.7 Å². The monoisotopic (exact) mass is 256 g/mol. The van der Waals surface area contributed by atoms with E-state index in [2.05, 4.69) is 0 Å². The number of aromatic hydroxyl groups is 1. The van der Waals surface area contributed by atoms with Crippen LogP contribution in [-0.4, -0.2) is 46.5 Å². The zero-order valence-corrected chi connectivity index (χ0v) is 9.91. The van der Waals surface area contributed by atoms with Gasteiger partial charge in [0, 0.05) is 17.7 Å². The van der Waals surface area contributed by atoms with Crippen LogP contribution in [0.3, 0.4) is 0 Å². The van der Waals surface area contributed by atoms with Gasteiger partial charge < -0.3 is 25.2 Å². The SMILES string of the molecule is COc1ccc(C=O)c(C(O)C(O)CCO)c1O. The van der Waals surface area contributed by atoms with Gasteiger partial charge in [-0.3, -0.25) is 4.79 Å². The topological polar surface area (TPSA) is 107 Å². The van der Waals surface area contributed by atoms with Gasteiger partial charge in [0.2, 0.25) is 0 Å². The van der Waals surface area contributed by atoms with Crippen LogP contribution in [0, 0.1) is 0 Å². The smallest absolute Gasteiger partial charge is 0.164 e. The minimum Gasteiger partial charge on any atom is -0.504 e. The van der Waals surface area contributed by atoms with Gasteiger partial charge in [0.25, 0.3) is 0 Å². The van der Waals surface area contributed by atoms with Crippen LogP contribution in [0.25, 0.3) is 0 Å². The molecular formula is C12H16O6. The Hall–Kier alpha value is -1.63. The first-order chi connectivity index (χ1) is 8.56. The van der Waals surface area contributed by atoms with Crippen molar-refractivity contribution in [3.63, 3.8) is 0 Å². The van der Waals surface area contributed by atoms with Crippen LogP contribution in [0.2, 0.25) is 0 Å². The van der Waals surface area contributed by atoms with Crippen LogP contribution in [0.5, 0.6) is 11.5 Å². The molecule has 6 heteroatoms. The van der Waals surface area contributed by atoms with E-state index in [-0.39, 0.29) is 29.9 Å². The highest BCUT2D eigenvalue weighted by Gasteiger charge is 2.25. The van der Waals surface area contributed by atoms with Crippen LogP contribution in [-0.2, 0) is 0 Å². The number of phenolic OH excluding ortho intramolecular Hbond substituents is 1. The molecule has 2 unspecified atom stereocenters. The van der Waals surface area contributed by atoms with E-state index in [1.807, 2.05) is 0 Å². The molecule has 0 aliphatic rings. The predicted molar refractivity (Wildman–Crippen MR) is 62.7 cm³/mol. The fraction of sp³-hybridized carbons (Fsp3) is 0.417. The van der Waals surface area contributed by atoms with Crippen molar-refractivity contribution in [1.29, 1.82) is 0 Å². The molecule has 2 atom stereocenters. The molecule has 0 saturated heterocycles. The van der Waals surface area contributed by atoms with Gasteiger partial charge in [-0.2, -0.15) is 0 Å². The molecule has 0 fully saturated rings. The molecule has 4 N–H and O–H groups in total. The molecule has 1 rings (SSSR count). The maximum atomic E-state index is 10.9. The summed E-state index contributed by atoms with van der Waals surface area (Å²) in [6.07, 6.45) is -2.38. The largest absolute Gasteiger partial charge is 0.504 e. The summed E-state index contributed by atoms with van der Waals surface area (Å²) in [5, 5.41) is 38.1. The van der Waals surface area contributed by atoms with E-state index in [4.69, 9.17) is 9.84 Å². The predicted octanol–water partition coefficient (Wildman–Crippen LogP) is -0.0100. The van der Waals surface area contributed by atoms with Crippen molar-refractivity contribution in [3.8, 4) is 11.5 Å². The molecule has 0 radical (unpaired) electrons. The number of methoxy groups -OCH3 is 1. The Morgan fingerprint density at radius 3 is 2.56 bits per heavy atom. The number of benzene rings is 1. The van der Waals surface area contributed by atoms with E-state index in [0.29, 0.717) is 6.29 Å². The summed E-state index contributed by atoms with van der Waals surface area (Å²) in [6, 6.07) is 2.75. The van der Waals surface area contributed by atoms with Gasteiger partial charge in [0.1, 0.15) is 6.10 Å². The average Bonchev–Trinajstić information content (AvgIpc) is 2.37. The summed E-state index contributed by atoms with van der Waals surface area (Å²) < 4.78 is 4.87. The van der Waals surface area contributed by atoms with E-state index >= 15 is 0 Å². The average molecular weight is 256 g/mol. The van der Waals surface area contributed by atoms with Crippen molar-refractivity contribution in [2.24, 2.45) is 0 Å². The molecule has 18 heavy (non-hydrogen) atoms. The summed E-state index contributed by atoms with van der Waals surface area (Å²) in [4.78, 5) is 10.9. The number of aldehydes is 1. The zero-order valence-electron chi connectivity index (χ0n) is 9.91. The molecule has 0 aliphatic carbocycles. The van der Waals surface area contributed by atoms with Crippen molar-refractivity contribution in [3.05, 3.63) is 23.3 Å². The lowest BCUT2D eigenvalue weighted by atomic mass is 9.96. The molecule has 100 valence electrons. The van der Waals surface area contributed by atoms with E-state index in [1.165, 1.54) is 19.2 Å². The summed E-state index contributed by atoms with van der Waals surface area (Å²) >= 11 is 0. The Bertz CT molecular complexity index is 417. The number of phenols is 1. The van der Waals surface area contributed by atoms with Crippen LogP contribution >= 0.6 is 0 Å². The van der Waals surface area contributed by atoms with Gasteiger partial charge in [-0.05, 0) is 18.6 Å². The highest BCUT2D eigenvalue weighted by atomic mass is 16.5. The van der Waals surface area contributed by atoms with E-state index in [0.717, 1.165) is 0 Å². The zero-order chi connectivity index (χ0) is 13.7. The number of aliphatic hydroxyl groups is 3.